The lowest BCUT2D eigenvalue weighted by Crippen LogP contribution is -2.31. The quantitative estimate of drug-likeness (QED) is 0.304. The molecule has 1 aromatic rings. The van der Waals surface area contributed by atoms with Crippen molar-refractivity contribution < 1.29 is 9.84 Å². The van der Waals surface area contributed by atoms with Gasteiger partial charge in [0, 0.05) is 45.2 Å². The topological polar surface area (TPSA) is 48.3 Å². The van der Waals surface area contributed by atoms with Crippen molar-refractivity contribution in [2.45, 2.75) is 59.8 Å². The van der Waals surface area contributed by atoms with Crippen LogP contribution in [0.5, 0.6) is 5.75 Å². The number of fused-ring (bicyclic) bond motifs is 1. The maximum absolute atomic E-state index is 7.00. The highest BCUT2D eigenvalue weighted by Gasteiger charge is 2.17. The molecule has 1 N–H and O–H groups in total. The number of piperidine rings is 1. The van der Waals surface area contributed by atoms with Crippen molar-refractivity contribution in [1.82, 2.24) is 4.90 Å². The standard InChI is InChI=1S/C18H28N2O.C5H9N.C4H8.CH4O/c1-2-20-13-9-16-15-17(7-8-18(16)20)21-14-6-12-19-10-4-3-5-11-19;1-3-5-6-4-2;1-4(2)3;1-2/h7-8,15H,2-6,9-14H2,1H3;3,5H,1,4H2,2H3;1H2,2-3H3;2H,1H3. The highest BCUT2D eigenvalue weighted by atomic mass is 16.5. The largest absolute Gasteiger partial charge is 0.494 e. The molecular formula is C28H49N3O2. The molecule has 1 saturated heterocycles. The predicted molar refractivity (Wildman–Crippen MR) is 146 cm³/mol. The molecule has 2 aliphatic rings. The molecule has 3 rings (SSSR count). The molecule has 1 aromatic carbocycles. The molecule has 2 heterocycles. The van der Waals surface area contributed by atoms with Crippen molar-refractivity contribution >= 4 is 11.9 Å². The van der Waals surface area contributed by atoms with E-state index in [1.807, 2.05) is 20.8 Å². The lowest BCUT2D eigenvalue weighted by molar-refractivity contribution is 0.205. The smallest absolute Gasteiger partial charge is 0.119 e. The van der Waals surface area contributed by atoms with E-state index >= 15 is 0 Å². The van der Waals surface area contributed by atoms with Gasteiger partial charge < -0.3 is 19.6 Å². The minimum Gasteiger partial charge on any atom is -0.494 e. The molecule has 2 aliphatic heterocycles. The summed E-state index contributed by atoms with van der Waals surface area (Å²) in [6.45, 7) is 22.9. The lowest BCUT2D eigenvalue weighted by Gasteiger charge is -2.26. The van der Waals surface area contributed by atoms with Crippen LogP contribution in [0.2, 0.25) is 0 Å². The molecule has 0 amide bonds. The van der Waals surface area contributed by atoms with E-state index in [0.29, 0.717) is 0 Å². The number of anilines is 1. The van der Waals surface area contributed by atoms with Gasteiger partial charge in [-0.1, -0.05) is 24.6 Å². The van der Waals surface area contributed by atoms with Crippen LogP contribution < -0.4 is 9.64 Å². The first-order chi connectivity index (χ1) is 16.0. The van der Waals surface area contributed by atoms with E-state index < -0.39 is 0 Å². The third-order valence-corrected chi connectivity index (χ3v) is 5.15. The highest BCUT2D eigenvalue weighted by molar-refractivity contribution is 5.69. The fourth-order valence-corrected chi connectivity index (χ4v) is 3.71. The van der Waals surface area contributed by atoms with Gasteiger partial charge in [-0.25, -0.2) is 0 Å². The van der Waals surface area contributed by atoms with E-state index in [0.717, 1.165) is 51.9 Å². The minimum absolute atomic E-state index is 0.840. The number of rotatable bonds is 8. The molecule has 0 atom stereocenters. The van der Waals surface area contributed by atoms with Gasteiger partial charge in [0.05, 0.1) is 6.61 Å². The Hall–Kier alpha value is -2.11. The van der Waals surface area contributed by atoms with Crippen LogP contribution in [-0.2, 0) is 6.42 Å². The van der Waals surface area contributed by atoms with Gasteiger partial charge in [-0.2, -0.15) is 0 Å². The van der Waals surface area contributed by atoms with E-state index in [9.17, 15) is 0 Å². The van der Waals surface area contributed by atoms with Crippen molar-refractivity contribution in [2.75, 3.05) is 57.9 Å². The maximum Gasteiger partial charge on any atom is 0.119 e. The summed E-state index contributed by atoms with van der Waals surface area (Å²) in [6, 6.07) is 6.60. The molecule has 0 spiro atoms. The summed E-state index contributed by atoms with van der Waals surface area (Å²) in [5, 5.41) is 7.00. The van der Waals surface area contributed by atoms with Crippen molar-refractivity contribution in [3.8, 4) is 5.75 Å². The third-order valence-electron chi connectivity index (χ3n) is 5.15. The number of aliphatic imine (C=N–C) groups is 1. The SMILES string of the molecule is C=C(C)C.C=CC=NCC.CCN1CCc2cc(OCCCN3CCCCC3)ccc21.CO. The Kier molecular flexibility index (Phi) is 19.2. The Balaban J connectivity index is 0.000000716. The number of nitrogens with zero attached hydrogens (tertiary/aromatic N) is 3. The van der Waals surface area contributed by atoms with Crippen LogP contribution in [0.3, 0.4) is 0 Å². The van der Waals surface area contributed by atoms with Crippen LogP contribution in [0.1, 0.15) is 58.9 Å². The predicted octanol–water partition coefficient (Wildman–Crippen LogP) is 5.78. The number of aliphatic hydroxyl groups is 1. The molecule has 0 bridgehead atoms. The van der Waals surface area contributed by atoms with Crippen LogP contribution in [0, 0.1) is 0 Å². The first-order valence-electron chi connectivity index (χ1n) is 12.4. The fourth-order valence-electron chi connectivity index (χ4n) is 3.71. The lowest BCUT2D eigenvalue weighted by atomic mass is 10.1. The molecule has 188 valence electrons. The van der Waals surface area contributed by atoms with Crippen molar-refractivity contribution in [3.63, 3.8) is 0 Å². The van der Waals surface area contributed by atoms with Crippen LogP contribution in [0.4, 0.5) is 5.69 Å². The van der Waals surface area contributed by atoms with Gasteiger partial charge in [-0.05, 0) is 90.2 Å². The Bertz CT molecular complexity index is 663. The van der Waals surface area contributed by atoms with Gasteiger partial charge in [-0.15, -0.1) is 6.58 Å². The monoisotopic (exact) mass is 459 g/mol. The number of likely N-dealkylation sites (tertiary alicyclic amines) is 1. The van der Waals surface area contributed by atoms with E-state index in [4.69, 9.17) is 9.84 Å². The van der Waals surface area contributed by atoms with Crippen LogP contribution in [0.25, 0.3) is 0 Å². The number of aliphatic hydroxyl groups excluding tert-OH is 1. The van der Waals surface area contributed by atoms with Crippen molar-refractivity contribution in [3.05, 3.63) is 48.6 Å². The van der Waals surface area contributed by atoms with Gasteiger partial charge in [-0.3, -0.25) is 4.99 Å². The maximum atomic E-state index is 7.00. The summed E-state index contributed by atoms with van der Waals surface area (Å²) >= 11 is 0. The first-order valence-corrected chi connectivity index (χ1v) is 12.4. The summed E-state index contributed by atoms with van der Waals surface area (Å²) < 4.78 is 5.95. The summed E-state index contributed by atoms with van der Waals surface area (Å²) in [6.07, 6.45) is 9.83. The summed E-state index contributed by atoms with van der Waals surface area (Å²) in [5.74, 6) is 1.05. The minimum atomic E-state index is 0.840. The van der Waals surface area contributed by atoms with Crippen LogP contribution in [-0.4, -0.2) is 69.2 Å². The van der Waals surface area contributed by atoms with E-state index in [1.165, 1.54) is 55.7 Å². The van der Waals surface area contributed by atoms with E-state index in [1.54, 1.807) is 12.3 Å². The summed E-state index contributed by atoms with van der Waals surface area (Å²) in [5.41, 5.74) is 4.02. The van der Waals surface area contributed by atoms with Gasteiger partial charge in [0.25, 0.3) is 0 Å². The van der Waals surface area contributed by atoms with Crippen LogP contribution in [0.15, 0.2) is 48.0 Å². The second-order valence-electron chi connectivity index (χ2n) is 8.32. The van der Waals surface area contributed by atoms with Gasteiger partial charge >= 0.3 is 0 Å². The van der Waals surface area contributed by atoms with Gasteiger partial charge in [0.1, 0.15) is 5.75 Å². The molecule has 5 nitrogen and oxygen atoms in total. The fraction of sp³-hybridized carbons (Fsp3) is 0.607. The summed E-state index contributed by atoms with van der Waals surface area (Å²) in [4.78, 5) is 8.87. The molecule has 33 heavy (non-hydrogen) atoms. The molecule has 1 fully saturated rings. The first kappa shape index (κ1) is 30.9. The zero-order chi connectivity index (χ0) is 24.9. The number of likely N-dealkylation sites (N-methyl/N-ethyl adjacent to an activating group) is 1. The second-order valence-corrected chi connectivity index (χ2v) is 8.32. The average molecular weight is 460 g/mol. The Labute approximate surface area is 203 Å². The van der Waals surface area contributed by atoms with Gasteiger partial charge in [0.2, 0.25) is 0 Å². The molecule has 0 aliphatic carbocycles. The van der Waals surface area contributed by atoms with Crippen LogP contribution >= 0.6 is 0 Å². The normalized spacial score (nSPS) is 14.7. The van der Waals surface area contributed by atoms with Gasteiger partial charge in [0.15, 0.2) is 0 Å². The zero-order valence-corrected chi connectivity index (χ0v) is 22.0. The molecule has 0 radical (unpaired) electrons. The Morgan fingerprint density at radius 1 is 1.12 bits per heavy atom. The zero-order valence-electron chi connectivity index (χ0n) is 22.0. The Morgan fingerprint density at radius 2 is 1.79 bits per heavy atom. The third kappa shape index (κ3) is 14.6. The molecule has 5 heteroatoms. The number of hydrogen-bond donors (Lipinski definition) is 1. The Morgan fingerprint density at radius 3 is 2.33 bits per heavy atom. The van der Waals surface area contributed by atoms with E-state index in [2.05, 4.69) is 53.1 Å². The number of ether oxygens (including phenoxy) is 1. The molecular weight excluding hydrogens is 410 g/mol. The second kappa shape index (κ2) is 20.5. The average Bonchev–Trinajstić information content (AvgIpc) is 3.25. The number of benzene rings is 1. The number of hydrogen-bond acceptors (Lipinski definition) is 5. The number of allylic oxidation sites excluding steroid dienone is 2. The molecule has 0 aromatic heterocycles. The van der Waals surface area contributed by atoms with E-state index in [-0.39, 0.29) is 0 Å². The highest BCUT2D eigenvalue weighted by Crippen LogP contribution is 2.31. The van der Waals surface area contributed by atoms with Crippen molar-refractivity contribution in [2.24, 2.45) is 4.99 Å². The molecule has 0 unspecified atom stereocenters. The summed E-state index contributed by atoms with van der Waals surface area (Å²) in [7, 11) is 1.00. The molecule has 0 saturated carbocycles. The van der Waals surface area contributed by atoms with Crippen molar-refractivity contribution in [1.29, 1.82) is 0 Å².